The van der Waals surface area contributed by atoms with Crippen molar-refractivity contribution in [2.75, 3.05) is 25.4 Å². The van der Waals surface area contributed by atoms with Crippen LogP contribution in [0.15, 0.2) is 22.7 Å². The summed E-state index contributed by atoms with van der Waals surface area (Å²) in [6, 6.07) is 5.05. The van der Waals surface area contributed by atoms with Crippen LogP contribution in [0.25, 0.3) is 0 Å². The summed E-state index contributed by atoms with van der Waals surface area (Å²) >= 11 is 3.39. The zero-order chi connectivity index (χ0) is 18.1. The predicted octanol–water partition coefficient (Wildman–Crippen LogP) is 3.11. The highest BCUT2D eigenvalue weighted by molar-refractivity contribution is 9.10. The molecule has 1 fully saturated rings. The molecule has 0 unspecified atom stereocenters. The van der Waals surface area contributed by atoms with Gasteiger partial charge < -0.3 is 20.3 Å². The Kier molecular flexibility index (Phi) is 5.42. The quantitative estimate of drug-likeness (QED) is 0.738. The minimum Gasteiger partial charge on any atom is -0.444 e. The highest BCUT2D eigenvalue weighted by Crippen LogP contribution is 2.23. The molecule has 2 rings (SSSR count). The number of nitrogens with zero attached hydrogens (tertiary/aromatic N) is 2. The fraction of sp³-hybridized carbons (Fsp3) is 0.529. The third-order valence-electron chi connectivity index (χ3n) is 3.76. The molecule has 0 aromatic heterocycles. The molecule has 0 radical (unpaired) electrons. The first-order valence-electron chi connectivity index (χ1n) is 7.92. The van der Waals surface area contributed by atoms with E-state index in [0.717, 1.165) is 0 Å². The van der Waals surface area contributed by atoms with Gasteiger partial charge >= 0.3 is 6.09 Å². The summed E-state index contributed by atoms with van der Waals surface area (Å²) in [5.74, 6) is -0.0711. The van der Waals surface area contributed by atoms with Crippen molar-refractivity contribution in [3.05, 3.63) is 28.2 Å². The average Bonchev–Trinajstić information content (AvgIpc) is 2.44. The van der Waals surface area contributed by atoms with Crippen molar-refractivity contribution in [2.45, 2.75) is 39.3 Å². The molecule has 2 amide bonds. The molecule has 0 spiro atoms. The molecule has 7 heteroatoms. The van der Waals surface area contributed by atoms with Crippen LogP contribution in [0.3, 0.4) is 0 Å². The van der Waals surface area contributed by atoms with Crippen LogP contribution in [0.1, 0.15) is 38.1 Å². The van der Waals surface area contributed by atoms with E-state index < -0.39 is 5.60 Å². The van der Waals surface area contributed by atoms with Gasteiger partial charge in [0.05, 0.1) is 5.56 Å². The zero-order valence-corrected chi connectivity index (χ0v) is 16.1. The number of ether oxygens (including phenoxy) is 1. The van der Waals surface area contributed by atoms with Gasteiger partial charge in [-0.25, -0.2) is 4.79 Å². The molecule has 0 bridgehead atoms. The third-order valence-corrected chi connectivity index (χ3v) is 4.42. The average molecular weight is 398 g/mol. The summed E-state index contributed by atoms with van der Waals surface area (Å²) in [4.78, 5) is 28.4. The number of rotatable bonds is 1. The Labute approximate surface area is 151 Å². The van der Waals surface area contributed by atoms with Crippen molar-refractivity contribution in [1.29, 1.82) is 0 Å². The molecule has 6 nitrogen and oxygen atoms in total. The minimum atomic E-state index is -0.526. The molecule has 1 aromatic carbocycles. The molecule has 132 valence electrons. The maximum atomic E-state index is 12.8. The highest BCUT2D eigenvalue weighted by atomic mass is 79.9. The highest BCUT2D eigenvalue weighted by Gasteiger charge is 2.32. The van der Waals surface area contributed by atoms with Crippen LogP contribution in [0.5, 0.6) is 0 Å². The molecule has 1 aliphatic heterocycles. The first-order valence-corrected chi connectivity index (χ1v) is 8.71. The number of nitrogens with two attached hydrogens (primary N) is 1. The maximum absolute atomic E-state index is 12.8. The van der Waals surface area contributed by atoms with Crippen molar-refractivity contribution < 1.29 is 14.3 Å². The monoisotopic (exact) mass is 397 g/mol. The fourth-order valence-corrected chi connectivity index (χ4v) is 3.18. The molecule has 2 N–H and O–H groups in total. The van der Waals surface area contributed by atoms with E-state index in [0.29, 0.717) is 35.4 Å². The van der Waals surface area contributed by atoms with Crippen LogP contribution in [-0.4, -0.2) is 53.1 Å². The summed E-state index contributed by atoms with van der Waals surface area (Å²) in [6.07, 6.45) is -0.338. The zero-order valence-electron chi connectivity index (χ0n) is 14.5. The van der Waals surface area contributed by atoms with Gasteiger partial charge in [-0.05, 0) is 61.8 Å². The molecule has 1 heterocycles. The Hall–Kier alpha value is -1.76. The second kappa shape index (κ2) is 7.01. The lowest BCUT2D eigenvalue weighted by atomic mass is 10.1. The van der Waals surface area contributed by atoms with Crippen LogP contribution < -0.4 is 5.73 Å². The summed E-state index contributed by atoms with van der Waals surface area (Å²) in [5.41, 5.74) is 6.37. The molecule has 0 aliphatic carbocycles. The Bertz CT molecular complexity index is 642. The number of nitrogen functional groups attached to an aromatic ring is 1. The molecule has 0 saturated carbocycles. The SMILES string of the molecule is C[C@@H]1CN(C(=O)OC(C)(C)C)CCN1C(=O)c1ccc(N)cc1Br. The Morgan fingerprint density at radius 2 is 1.96 bits per heavy atom. The number of carbonyl (C=O) groups is 2. The second-order valence-electron chi connectivity index (χ2n) is 7.01. The fourth-order valence-electron chi connectivity index (χ4n) is 2.61. The summed E-state index contributed by atoms with van der Waals surface area (Å²) in [7, 11) is 0. The number of anilines is 1. The summed E-state index contributed by atoms with van der Waals surface area (Å²) in [5, 5.41) is 0. The van der Waals surface area contributed by atoms with Gasteiger partial charge in [-0.3, -0.25) is 4.79 Å². The van der Waals surface area contributed by atoms with E-state index in [1.165, 1.54) is 0 Å². The van der Waals surface area contributed by atoms with Gasteiger partial charge in [0.15, 0.2) is 0 Å². The lowest BCUT2D eigenvalue weighted by molar-refractivity contribution is 0.00615. The van der Waals surface area contributed by atoms with Crippen molar-refractivity contribution >= 4 is 33.6 Å². The minimum absolute atomic E-state index is 0.0711. The second-order valence-corrected chi connectivity index (χ2v) is 7.87. The van der Waals surface area contributed by atoms with Gasteiger partial charge in [0.25, 0.3) is 5.91 Å². The number of halogens is 1. The predicted molar refractivity (Wildman–Crippen MR) is 96.9 cm³/mol. The number of hydrogen-bond acceptors (Lipinski definition) is 4. The summed E-state index contributed by atoms with van der Waals surface area (Å²) < 4.78 is 6.08. The van der Waals surface area contributed by atoms with Gasteiger partial charge in [0.2, 0.25) is 0 Å². The normalized spacial score (nSPS) is 18.5. The standard InChI is InChI=1S/C17H24BrN3O3/c1-11-10-20(16(23)24-17(2,3)4)7-8-21(11)15(22)13-6-5-12(19)9-14(13)18/h5-6,9,11H,7-8,10,19H2,1-4H3/t11-/m1/s1. The van der Waals surface area contributed by atoms with E-state index in [1.54, 1.807) is 28.0 Å². The molecule has 1 atom stereocenters. The first kappa shape index (κ1) is 18.6. The number of piperazine rings is 1. The number of amides is 2. The lowest BCUT2D eigenvalue weighted by Gasteiger charge is -2.40. The van der Waals surface area contributed by atoms with E-state index in [9.17, 15) is 9.59 Å². The molecule has 1 aromatic rings. The molecule has 1 saturated heterocycles. The third kappa shape index (κ3) is 4.41. The first-order chi connectivity index (χ1) is 11.1. The molecular formula is C17H24BrN3O3. The van der Waals surface area contributed by atoms with Crippen LogP contribution in [0, 0.1) is 0 Å². The number of hydrogen-bond donors (Lipinski definition) is 1. The van der Waals surface area contributed by atoms with Gasteiger partial charge in [-0.1, -0.05) is 0 Å². The van der Waals surface area contributed by atoms with Gasteiger partial charge in [0, 0.05) is 35.8 Å². The number of benzene rings is 1. The van der Waals surface area contributed by atoms with Crippen molar-refractivity contribution in [1.82, 2.24) is 9.80 Å². The van der Waals surface area contributed by atoms with E-state index in [1.807, 2.05) is 27.7 Å². The van der Waals surface area contributed by atoms with Crippen LogP contribution in [0.4, 0.5) is 10.5 Å². The molecule has 1 aliphatic rings. The van der Waals surface area contributed by atoms with E-state index in [2.05, 4.69) is 15.9 Å². The van der Waals surface area contributed by atoms with Crippen molar-refractivity contribution in [3.63, 3.8) is 0 Å². The molecular weight excluding hydrogens is 374 g/mol. The van der Waals surface area contributed by atoms with Crippen molar-refractivity contribution in [2.24, 2.45) is 0 Å². The van der Waals surface area contributed by atoms with Gasteiger partial charge in [-0.2, -0.15) is 0 Å². The topological polar surface area (TPSA) is 75.9 Å². The van der Waals surface area contributed by atoms with Crippen LogP contribution in [-0.2, 0) is 4.74 Å². The Morgan fingerprint density at radius 3 is 2.50 bits per heavy atom. The van der Waals surface area contributed by atoms with Crippen molar-refractivity contribution in [3.8, 4) is 0 Å². The Balaban J connectivity index is 2.05. The smallest absolute Gasteiger partial charge is 0.410 e. The van der Waals surface area contributed by atoms with E-state index in [4.69, 9.17) is 10.5 Å². The largest absolute Gasteiger partial charge is 0.444 e. The van der Waals surface area contributed by atoms with Gasteiger partial charge in [-0.15, -0.1) is 0 Å². The van der Waals surface area contributed by atoms with Crippen LogP contribution >= 0.6 is 15.9 Å². The summed E-state index contributed by atoms with van der Waals surface area (Å²) in [6.45, 7) is 8.83. The van der Waals surface area contributed by atoms with E-state index >= 15 is 0 Å². The van der Waals surface area contributed by atoms with E-state index in [-0.39, 0.29) is 18.0 Å². The Morgan fingerprint density at radius 1 is 1.29 bits per heavy atom. The lowest BCUT2D eigenvalue weighted by Crippen LogP contribution is -2.56. The van der Waals surface area contributed by atoms with Gasteiger partial charge in [0.1, 0.15) is 5.60 Å². The number of carbonyl (C=O) groups excluding carboxylic acids is 2. The van der Waals surface area contributed by atoms with Crippen LogP contribution in [0.2, 0.25) is 0 Å². The maximum Gasteiger partial charge on any atom is 0.410 e. The molecule has 24 heavy (non-hydrogen) atoms.